The molecule has 0 aliphatic carbocycles. The van der Waals surface area contributed by atoms with Crippen LogP contribution in [-0.4, -0.2) is 62.0 Å². The number of pyridine rings is 1. The first-order chi connectivity index (χ1) is 21.5. The zero-order chi connectivity index (χ0) is 34.9. The normalized spacial score (nSPS) is 17.6. The van der Waals surface area contributed by atoms with Crippen molar-refractivity contribution in [3.05, 3.63) is 54.0 Å². The molecule has 1 aliphatic heterocycles. The van der Waals surface area contributed by atoms with E-state index >= 15 is 0 Å². The molecule has 0 aromatic carbocycles. The van der Waals surface area contributed by atoms with Gasteiger partial charge in [0.2, 0.25) is 5.95 Å². The molecule has 1 N–H and O–H groups in total. The van der Waals surface area contributed by atoms with Gasteiger partial charge in [-0.1, -0.05) is 20.8 Å². The Bertz CT molecular complexity index is 1830. The molecule has 0 spiro atoms. The number of anilines is 2. The molecule has 0 saturated carbocycles. The number of nitrogens with zero attached hydrogens (tertiary/aromatic N) is 7. The molecule has 4 aromatic heterocycles. The Balaban J connectivity index is 1.40. The number of alkyl halides is 5. The van der Waals surface area contributed by atoms with Crippen LogP contribution in [0.1, 0.15) is 59.2 Å². The highest BCUT2D eigenvalue weighted by molar-refractivity contribution is 6.74. The fourth-order valence-electron chi connectivity index (χ4n) is 5.46. The number of urea groups is 1. The van der Waals surface area contributed by atoms with Gasteiger partial charge >= 0.3 is 12.2 Å². The molecule has 1 atom stereocenters. The van der Waals surface area contributed by atoms with E-state index in [-0.39, 0.29) is 33.4 Å². The van der Waals surface area contributed by atoms with Gasteiger partial charge < -0.3 is 9.74 Å². The molecular formula is C30H36F6N8O2Si. The molecule has 0 radical (unpaired) electrons. The highest BCUT2D eigenvalue weighted by atomic mass is 28.4. The van der Waals surface area contributed by atoms with Crippen LogP contribution in [0.4, 0.5) is 42.5 Å². The summed E-state index contributed by atoms with van der Waals surface area (Å²) in [4.78, 5) is 22.2. The average Bonchev–Trinajstić information content (AvgIpc) is 3.62. The van der Waals surface area contributed by atoms with Gasteiger partial charge in [0.05, 0.1) is 47.3 Å². The van der Waals surface area contributed by atoms with Crippen LogP contribution in [0.25, 0.3) is 17.0 Å². The fraction of sp³-hybridized carbons (Fsp3) is 0.500. The van der Waals surface area contributed by atoms with E-state index in [4.69, 9.17) is 4.43 Å². The van der Waals surface area contributed by atoms with Crippen LogP contribution in [0.3, 0.4) is 0 Å². The second-order valence-electron chi connectivity index (χ2n) is 14.1. The molecule has 2 amide bonds. The van der Waals surface area contributed by atoms with Gasteiger partial charge in [-0.15, -0.1) is 5.10 Å². The molecule has 0 saturated heterocycles. The number of rotatable bonds is 7. The monoisotopic (exact) mass is 682 g/mol. The zero-order valence-electron chi connectivity index (χ0n) is 27.2. The minimum Gasteiger partial charge on any atom is -0.410 e. The lowest BCUT2D eigenvalue weighted by atomic mass is 9.88. The van der Waals surface area contributed by atoms with E-state index in [0.29, 0.717) is 6.54 Å². The lowest BCUT2D eigenvalue weighted by molar-refractivity contribution is -0.181. The number of halogens is 6. The van der Waals surface area contributed by atoms with Gasteiger partial charge in [-0.25, -0.2) is 23.1 Å². The Morgan fingerprint density at radius 2 is 1.77 bits per heavy atom. The number of nitrogens with one attached hydrogen (secondary N) is 1. The van der Waals surface area contributed by atoms with Crippen LogP contribution in [0.15, 0.2) is 36.8 Å². The van der Waals surface area contributed by atoms with Crippen LogP contribution >= 0.6 is 0 Å². The fourth-order valence-corrected chi connectivity index (χ4v) is 7.21. The van der Waals surface area contributed by atoms with Gasteiger partial charge in [0, 0.05) is 24.4 Å². The molecule has 1 aliphatic rings. The summed E-state index contributed by atoms with van der Waals surface area (Å²) in [6.45, 7) is 14.9. The predicted octanol–water partition coefficient (Wildman–Crippen LogP) is 7.74. The molecule has 5 rings (SSSR count). The molecule has 4 aromatic rings. The summed E-state index contributed by atoms with van der Waals surface area (Å²) in [5, 5.41) is 10.3. The Morgan fingerprint density at radius 1 is 1.09 bits per heavy atom. The summed E-state index contributed by atoms with van der Waals surface area (Å²) in [6, 6.07) is 2.35. The first-order valence-corrected chi connectivity index (χ1v) is 17.7. The van der Waals surface area contributed by atoms with E-state index in [1.807, 2.05) is 13.8 Å². The van der Waals surface area contributed by atoms with Crippen molar-refractivity contribution in [2.24, 2.45) is 0 Å². The molecule has 254 valence electrons. The summed E-state index contributed by atoms with van der Waals surface area (Å²) in [5.74, 6) is -1.04. The van der Waals surface area contributed by atoms with Gasteiger partial charge in [0.15, 0.2) is 14.0 Å². The number of fused-ring (bicyclic) bond motifs is 3. The van der Waals surface area contributed by atoms with E-state index in [0.717, 1.165) is 40.9 Å². The van der Waals surface area contributed by atoms with Crippen molar-refractivity contribution in [2.75, 3.05) is 16.8 Å². The van der Waals surface area contributed by atoms with Crippen molar-refractivity contribution in [3.8, 4) is 11.4 Å². The zero-order valence-corrected chi connectivity index (χ0v) is 28.2. The van der Waals surface area contributed by atoms with Crippen LogP contribution < -0.4 is 10.2 Å². The third-order valence-electron chi connectivity index (χ3n) is 8.76. The Hall–Kier alpha value is -3.99. The summed E-state index contributed by atoms with van der Waals surface area (Å²) < 4.78 is 94.4. The maximum atomic E-state index is 14.4. The van der Waals surface area contributed by atoms with Crippen molar-refractivity contribution in [2.45, 2.75) is 89.8 Å². The van der Waals surface area contributed by atoms with E-state index in [9.17, 15) is 31.1 Å². The topological polar surface area (TPSA) is 102 Å². The average molecular weight is 683 g/mol. The molecule has 10 nitrogen and oxygen atoms in total. The van der Waals surface area contributed by atoms with Crippen LogP contribution in [-0.2, 0) is 16.4 Å². The van der Waals surface area contributed by atoms with Gasteiger partial charge in [0.1, 0.15) is 11.1 Å². The number of amides is 2. The molecule has 0 bridgehead atoms. The molecule has 5 heterocycles. The van der Waals surface area contributed by atoms with Crippen molar-refractivity contribution >= 4 is 31.4 Å². The van der Waals surface area contributed by atoms with E-state index in [2.05, 4.69) is 59.3 Å². The van der Waals surface area contributed by atoms with Crippen molar-refractivity contribution in [1.29, 1.82) is 0 Å². The lowest BCUT2D eigenvalue weighted by Gasteiger charge is -2.42. The van der Waals surface area contributed by atoms with Gasteiger partial charge in [0.25, 0.3) is 6.43 Å². The van der Waals surface area contributed by atoms with Crippen molar-refractivity contribution in [1.82, 2.24) is 29.4 Å². The van der Waals surface area contributed by atoms with Gasteiger partial charge in [-0.05, 0) is 51.0 Å². The van der Waals surface area contributed by atoms with Gasteiger partial charge in [-0.3, -0.25) is 14.6 Å². The third-order valence-corrected chi connectivity index (χ3v) is 13.4. The minimum absolute atomic E-state index is 0.0223. The SMILES string of the molecule is CC(C)(Cn1ccc(-c2ncc(NC(=O)N3CC(C)(C(F)(F)F)c4c3cnc3cc(F)nn43)cc2C(F)F)n1)O[Si](C)(C)C(C)(C)C. The van der Waals surface area contributed by atoms with Crippen LogP contribution in [0.2, 0.25) is 18.1 Å². The van der Waals surface area contributed by atoms with E-state index in [1.165, 1.54) is 0 Å². The van der Waals surface area contributed by atoms with Crippen LogP contribution in [0.5, 0.6) is 0 Å². The first kappa shape index (κ1) is 34.3. The smallest absolute Gasteiger partial charge is 0.401 e. The standard InChI is InChI=1S/C30H36F6N8O2Si/c1-27(2,3)47(7,8)46-28(4,5)15-42-10-9-19(40-42)23-18(25(32)33)11-17(13-38-23)39-26(45)43-16-29(6,30(34,35)36)24-20(43)14-37-22-12-21(31)41-44(22)24/h9-14,25H,15-16H2,1-8H3,(H,39,45). The summed E-state index contributed by atoms with van der Waals surface area (Å²) >= 11 is 0. The number of hydrogen-bond acceptors (Lipinski definition) is 6. The Morgan fingerprint density at radius 3 is 2.38 bits per heavy atom. The van der Waals surface area contributed by atoms with Gasteiger partial charge in [-0.2, -0.15) is 22.7 Å². The number of carbonyl (C=O) groups is 1. The number of hydrogen-bond donors (Lipinski definition) is 1. The van der Waals surface area contributed by atoms with Crippen LogP contribution in [0, 0.1) is 5.95 Å². The summed E-state index contributed by atoms with van der Waals surface area (Å²) in [6.07, 6.45) is -4.12. The van der Waals surface area contributed by atoms with Crippen molar-refractivity contribution in [3.63, 3.8) is 0 Å². The molecule has 1 unspecified atom stereocenters. The second-order valence-corrected chi connectivity index (χ2v) is 18.8. The highest BCUT2D eigenvalue weighted by Crippen LogP contribution is 2.50. The quantitative estimate of drug-likeness (QED) is 0.158. The largest absolute Gasteiger partial charge is 0.410 e. The van der Waals surface area contributed by atoms with E-state index in [1.54, 1.807) is 16.9 Å². The molecule has 47 heavy (non-hydrogen) atoms. The number of aromatic nitrogens is 6. The minimum atomic E-state index is -4.87. The highest BCUT2D eigenvalue weighted by Gasteiger charge is 2.60. The molecule has 0 fully saturated rings. The van der Waals surface area contributed by atoms with Crippen molar-refractivity contribution < 1.29 is 35.6 Å². The number of carbonyl (C=O) groups excluding carboxylic acids is 1. The molecule has 17 heteroatoms. The first-order valence-electron chi connectivity index (χ1n) is 14.8. The summed E-state index contributed by atoms with van der Waals surface area (Å²) in [5.41, 5.74) is -4.84. The second kappa shape index (κ2) is 11.3. The predicted molar refractivity (Wildman–Crippen MR) is 165 cm³/mol. The third kappa shape index (κ3) is 6.34. The maximum absolute atomic E-state index is 14.4. The Kier molecular flexibility index (Phi) is 8.27. The maximum Gasteiger partial charge on any atom is 0.401 e. The lowest BCUT2D eigenvalue weighted by Crippen LogP contribution is -2.49. The molecular weight excluding hydrogens is 646 g/mol. The summed E-state index contributed by atoms with van der Waals surface area (Å²) in [7, 11) is -2.12. The van der Waals surface area contributed by atoms with E-state index < -0.39 is 61.7 Å². The Labute approximate surface area is 268 Å².